The molecule has 180 valence electrons. The van der Waals surface area contributed by atoms with E-state index in [4.69, 9.17) is 15.2 Å². The molecule has 1 amide bonds. The molecular weight excluding hydrogens is 449 g/mol. The second-order valence-electron chi connectivity index (χ2n) is 8.42. The molecule has 0 bridgehead atoms. The van der Waals surface area contributed by atoms with E-state index in [9.17, 15) is 9.18 Å². The Bertz CT molecular complexity index is 1330. The Morgan fingerprint density at radius 1 is 1.31 bits per heavy atom. The van der Waals surface area contributed by atoms with Gasteiger partial charge in [0.2, 0.25) is 0 Å². The van der Waals surface area contributed by atoms with Gasteiger partial charge in [-0.3, -0.25) is 4.79 Å². The Hall–Kier alpha value is -4.03. The van der Waals surface area contributed by atoms with E-state index in [1.165, 1.54) is 13.2 Å². The molecule has 4 heterocycles. The van der Waals surface area contributed by atoms with Gasteiger partial charge in [-0.1, -0.05) is 17.9 Å². The maximum absolute atomic E-state index is 14.4. The molecule has 1 aromatic carbocycles. The van der Waals surface area contributed by atoms with Crippen molar-refractivity contribution < 1.29 is 18.7 Å². The van der Waals surface area contributed by atoms with Crippen LogP contribution in [0.3, 0.4) is 0 Å². The zero-order valence-electron chi connectivity index (χ0n) is 19.3. The lowest BCUT2D eigenvalue weighted by molar-refractivity contribution is 0.0526. The molecule has 0 unspecified atom stereocenters. The van der Waals surface area contributed by atoms with Crippen LogP contribution < -0.4 is 21.1 Å². The quantitative estimate of drug-likeness (QED) is 0.428. The zero-order chi connectivity index (χ0) is 24.4. The van der Waals surface area contributed by atoms with Crippen LogP contribution in [0.25, 0.3) is 11.3 Å². The second kappa shape index (κ2) is 9.68. The first-order chi connectivity index (χ1) is 17.1. The zero-order valence-corrected chi connectivity index (χ0v) is 19.3. The highest BCUT2D eigenvalue weighted by atomic mass is 19.1. The number of carbonyl (C=O) groups excluding carboxylic acids is 1. The van der Waals surface area contributed by atoms with E-state index < -0.39 is 5.82 Å². The van der Waals surface area contributed by atoms with Gasteiger partial charge in [-0.2, -0.15) is 0 Å². The number of methoxy groups -OCH3 is 1. The Morgan fingerprint density at radius 3 is 3.00 bits per heavy atom. The molecule has 0 spiro atoms. The first-order valence-electron chi connectivity index (χ1n) is 11.6. The topological polar surface area (TPSA) is 114 Å². The van der Waals surface area contributed by atoms with Gasteiger partial charge < -0.3 is 30.8 Å². The lowest BCUT2D eigenvalue weighted by Gasteiger charge is -2.17. The van der Waals surface area contributed by atoms with Crippen molar-refractivity contribution in [1.29, 1.82) is 0 Å². The van der Waals surface area contributed by atoms with E-state index >= 15 is 0 Å². The molecule has 1 saturated heterocycles. The summed E-state index contributed by atoms with van der Waals surface area (Å²) < 4.78 is 25.4. The number of H-pyrrole nitrogens is 1. The van der Waals surface area contributed by atoms with Gasteiger partial charge in [0.25, 0.3) is 5.91 Å². The molecule has 2 aromatic heterocycles. The lowest BCUT2D eigenvalue weighted by Crippen LogP contribution is -2.31. The number of nitrogens with zero attached hydrogens (tertiary/aromatic N) is 1. The van der Waals surface area contributed by atoms with E-state index in [0.29, 0.717) is 53.3 Å². The number of pyridine rings is 1. The molecular formula is C26H26FN5O3. The fraction of sp³-hybridized carbons (Fsp3) is 0.308. The molecule has 9 heteroatoms. The maximum Gasteiger partial charge on any atom is 0.255 e. The van der Waals surface area contributed by atoms with E-state index in [2.05, 4.69) is 32.4 Å². The molecule has 0 radical (unpaired) electrons. The van der Waals surface area contributed by atoms with Crippen molar-refractivity contribution in [3.05, 3.63) is 53.1 Å². The number of para-hydroxylation sites is 1. The van der Waals surface area contributed by atoms with Crippen LogP contribution >= 0.6 is 0 Å². The number of ether oxygens (including phenoxy) is 2. The van der Waals surface area contributed by atoms with Crippen molar-refractivity contribution in [2.45, 2.75) is 31.8 Å². The molecule has 0 saturated carbocycles. The van der Waals surface area contributed by atoms with Gasteiger partial charge in [0, 0.05) is 37.0 Å². The number of amides is 1. The molecule has 0 aliphatic carbocycles. The summed E-state index contributed by atoms with van der Waals surface area (Å²) >= 11 is 0. The number of nitrogens with two attached hydrogens (primary N) is 1. The van der Waals surface area contributed by atoms with Crippen LogP contribution in [0.2, 0.25) is 0 Å². The van der Waals surface area contributed by atoms with Crippen molar-refractivity contribution in [2.24, 2.45) is 0 Å². The first kappa shape index (κ1) is 22.7. The van der Waals surface area contributed by atoms with Crippen LogP contribution in [-0.4, -0.2) is 42.2 Å². The molecule has 3 aromatic rings. The highest BCUT2D eigenvalue weighted by Crippen LogP contribution is 2.40. The number of aromatic nitrogens is 2. The molecule has 5 N–H and O–H groups in total. The predicted octanol–water partition coefficient (Wildman–Crippen LogP) is 3.76. The van der Waals surface area contributed by atoms with Gasteiger partial charge in [0.05, 0.1) is 35.3 Å². The van der Waals surface area contributed by atoms with Crippen LogP contribution in [0.15, 0.2) is 30.5 Å². The summed E-state index contributed by atoms with van der Waals surface area (Å²) in [5, 5.41) is 6.11. The summed E-state index contributed by atoms with van der Waals surface area (Å²) in [4.78, 5) is 20.5. The molecule has 2 aliphatic rings. The number of anilines is 3. The average molecular weight is 476 g/mol. The fourth-order valence-corrected chi connectivity index (χ4v) is 4.48. The maximum atomic E-state index is 14.4. The first-order valence-corrected chi connectivity index (χ1v) is 11.6. The van der Waals surface area contributed by atoms with Gasteiger partial charge >= 0.3 is 0 Å². The van der Waals surface area contributed by atoms with Gasteiger partial charge in [-0.15, -0.1) is 0 Å². The van der Waals surface area contributed by atoms with Gasteiger partial charge in [-0.05, 0) is 37.5 Å². The SMILES string of the molecule is COc1c(F)cccc1Nc1c(-c2ccnc(N)c2C#C[C@@H]2CCCCO2)[nH]c2c1C(=O)NCC2. The van der Waals surface area contributed by atoms with Crippen molar-refractivity contribution in [1.82, 2.24) is 15.3 Å². The Morgan fingerprint density at radius 2 is 2.20 bits per heavy atom. The minimum absolute atomic E-state index is 0.0494. The standard InChI is InChI=1S/C26H26FN5O3/c1-34-24-18(27)6-4-7-20(24)32-23-21-19(11-13-30-26(21)33)31-22(23)16-10-12-29-25(28)17(16)9-8-15-5-2-3-14-35-15/h4,6-7,10,12,15,31-32H,2-3,5,11,13-14H2,1H3,(H2,28,29)(H,30,33)/t15-/m0/s1. The van der Waals surface area contributed by atoms with E-state index in [-0.39, 0.29) is 23.6 Å². The summed E-state index contributed by atoms with van der Waals surface area (Å²) in [6.45, 7) is 1.20. The number of carbonyl (C=O) groups is 1. The molecule has 2 aliphatic heterocycles. The number of rotatable bonds is 4. The molecule has 1 fully saturated rings. The van der Waals surface area contributed by atoms with Crippen molar-refractivity contribution in [3.63, 3.8) is 0 Å². The number of benzene rings is 1. The summed E-state index contributed by atoms with van der Waals surface area (Å²) in [5.74, 6) is 5.93. The van der Waals surface area contributed by atoms with E-state index in [1.54, 1.807) is 24.4 Å². The number of fused-ring (bicyclic) bond motifs is 1. The Labute approximate surface area is 202 Å². The molecule has 1 atom stereocenters. The van der Waals surface area contributed by atoms with E-state index in [0.717, 1.165) is 25.0 Å². The number of nitrogens with one attached hydrogen (secondary N) is 3. The normalized spacial score (nSPS) is 17.1. The highest BCUT2D eigenvalue weighted by Gasteiger charge is 2.29. The van der Waals surface area contributed by atoms with Crippen molar-refractivity contribution in [3.8, 4) is 28.8 Å². The van der Waals surface area contributed by atoms with Crippen LogP contribution in [0, 0.1) is 17.7 Å². The summed E-state index contributed by atoms with van der Waals surface area (Å²) in [7, 11) is 1.40. The summed E-state index contributed by atoms with van der Waals surface area (Å²) in [5.41, 5.74) is 10.2. The average Bonchev–Trinajstić information content (AvgIpc) is 3.23. The largest absolute Gasteiger partial charge is 0.492 e. The third-order valence-corrected chi connectivity index (χ3v) is 6.18. The predicted molar refractivity (Wildman–Crippen MR) is 131 cm³/mol. The van der Waals surface area contributed by atoms with Gasteiger partial charge in [0.15, 0.2) is 11.6 Å². The minimum Gasteiger partial charge on any atom is -0.492 e. The minimum atomic E-state index is -0.514. The number of aromatic amines is 1. The lowest BCUT2D eigenvalue weighted by atomic mass is 10.0. The van der Waals surface area contributed by atoms with Crippen LogP contribution in [0.4, 0.5) is 21.6 Å². The summed E-state index contributed by atoms with van der Waals surface area (Å²) in [6.07, 6.45) is 5.02. The third kappa shape index (κ3) is 4.40. The van der Waals surface area contributed by atoms with Crippen LogP contribution in [0.1, 0.15) is 40.9 Å². The number of halogens is 1. The van der Waals surface area contributed by atoms with Gasteiger partial charge in [0.1, 0.15) is 11.9 Å². The fourth-order valence-electron chi connectivity index (χ4n) is 4.48. The molecule has 5 rings (SSSR count). The second-order valence-corrected chi connectivity index (χ2v) is 8.42. The van der Waals surface area contributed by atoms with Gasteiger partial charge in [-0.25, -0.2) is 9.37 Å². The van der Waals surface area contributed by atoms with Crippen molar-refractivity contribution >= 4 is 23.1 Å². The van der Waals surface area contributed by atoms with E-state index in [1.807, 2.05) is 0 Å². The molecule has 8 nitrogen and oxygen atoms in total. The number of nitrogen functional groups attached to an aromatic ring is 1. The van der Waals surface area contributed by atoms with Crippen LogP contribution in [0.5, 0.6) is 5.75 Å². The smallest absolute Gasteiger partial charge is 0.255 e. The Kier molecular flexibility index (Phi) is 6.29. The summed E-state index contributed by atoms with van der Waals surface area (Å²) in [6, 6.07) is 6.37. The monoisotopic (exact) mass is 475 g/mol. The highest BCUT2D eigenvalue weighted by molar-refractivity contribution is 6.06. The Balaban J connectivity index is 1.65. The van der Waals surface area contributed by atoms with Crippen molar-refractivity contribution in [2.75, 3.05) is 31.3 Å². The number of hydrogen-bond donors (Lipinski definition) is 4. The number of hydrogen-bond acceptors (Lipinski definition) is 6. The third-order valence-electron chi connectivity index (χ3n) is 6.18. The van der Waals surface area contributed by atoms with Crippen LogP contribution in [-0.2, 0) is 11.2 Å². The molecule has 35 heavy (non-hydrogen) atoms.